The molecule has 43 heavy (non-hydrogen) atoms. The van der Waals surface area contributed by atoms with Crippen LogP contribution in [-0.4, -0.2) is 62.8 Å². The van der Waals surface area contributed by atoms with Crippen molar-refractivity contribution >= 4 is 5.91 Å². The lowest BCUT2D eigenvalue weighted by atomic mass is 10.00. The van der Waals surface area contributed by atoms with Gasteiger partial charge in [-0.3, -0.25) is 4.79 Å². The fourth-order valence-electron chi connectivity index (χ4n) is 6.39. The second-order valence-electron chi connectivity index (χ2n) is 12.1. The van der Waals surface area contributed by atoms with Crippen molar-refractivity contribution in [3.63, 3.8) is 0 Å². The number of benzene rings is 3. The van der Waals surface area contributed by atoms with Crippen LogP contribution in [0.2, 0.25) is 0 Å². The number of unbranched alkanes of at least 4 members (excludes halogenated alkanes) is 1. The number of aryl methyl sites for hydroxylation is 4. The van der Waals surface area contributed by atoms with Gasteiger partial charge in [-0.05, 0) is 79.0 Å². The Balaban J connectivity index is 1.87. The highest BCUT2D eigenvalue weighted by Gasteiger charge is 2.27. The molecule has 0 N–H and O–H groups in total. The first-order chi connectivity index (χ1) is 20.5. The van der Waals surface area contributed by atoms with Crippen LogP contribution in [0, 0.1) is 27.7 Å². The number of carbonyl (C=O) groups excluding carboxylic acids is 1. The van der Waals surface area contributed by atoms with Gasteiger partial charge >= 0.3 is 0 Å². The Morgan fingerprint density at radius 2 is 1.26 bits per heavy atom. The number of hydrogen-bond donors (Lipinski definition) is 0. The Morgan fingerprint density at radius 1 is 0.744 bits per heavy atom. The van der Waals surface area contributed by atoms with Crippen molar-refractivity contribution in [2.45, 2.75) is 73.9 Å². The zero-order valence-corrected chi connectivity index (χ0v) is 28.2. The van der Waals surface area contributed by atoms with Crippen LogP contribution in [0.1, 0.15) is 83.4 Å². The zero-order valence-electron chi connectivity index (χ0n) is 28.2. The highest BCUT2D eigenvalue weighted by atomic mass is 16.5. The van der Waals surface area contributed by atoms with Gasteiger partial charge in [0.2, 0.25) is 5.75 Å². The van der Waals surface area contributed by atoms with Gasteiger partial charge in [0, 0.05) is 17.7 Å². The summed E-state index contributed by atoms with van der Waals surface area (Å²) >= 11 is 0. The lowest BCUT2D eigenvalue weighted by Crippen LogP contribution is -2.47. The van der Waals surface area contributed by atoms with Crippen molar-refractivity contribution in [2.24, 2.45) is 0 Å². The summed E-state index contributed by atoms with van der Waals surface area (Å²) < 4.78 is 17.7. The molecule has 0 radical (unpaired) electrons. The largest absolute Gasteiger partial charge is 0.493 e. The standard InChI is InChI=1S/C37H53N2O4/c1-11-39(12-2,25-31-19-26(3)17-27(4)20-31)16-14-13-15-38(30(7)32-21-28(5)18-29(6)22-32)37(40)33-23-34(41-8)36(43-10)35(24-33)42-9/h17-24,30H,11-16,25H2,1-10H3/q+1. The van der Waals surface area contributed by atoms with Gasteiger partial charge in [-0.25, -0.2) is 0 Å². The molecule has 1 unspecified atom stereocenters. The molecule has 0 saturated carbocycles. The summed E-state index contributed by atoms with van der Waals surface area (Å²) in [5.74, 6) is 1.38. The number of quaternary nitrogens is 1. The van der Waals surface area contributed by atoms with Crippen molar-refractivity contribution in [1.82, 2.24) is 4.90 Å². The molecule has 6 heteroatoms. The molecule has 0 fully saturated rings. The second kappa shape index (κ2) is 15.3. The third kappa shape index (κ3) is 8.54. The monoisotopic (exact) mass is 589 g/mol. The van der Waals surface area contributed by atoms with Crippen LogP contribution in [-0.2, 0) is 6.54 Å². The predicted octanol–water partition coefficient (Wildman–Crippen LogP) is 7.99. The summed E-state index contributed by atoms with van der Waals surface area (Å²) in [5.41, 5.74) is 8.10. The predicted molar refractivity (Wildman–Crippen MR) is 177 cm³/mol. The molecule has 234 valence electrons. The van der Waals surface area contributed by atoms with E-state index in [-0.39, 0.29) is 11.9 Å². The smallest absolute Gasteiger partial charge is 0.254 e. The molecule has 0 spiro atoms. The molecule has 1 atom stereocenters. The maximum atomic E-state index is 14.2. The van der Waals surface area contributed by atoms with E-state index in [9.17, 15) is 4.79 Å². The summed E-state index contributed by atoms with van der Waals surface area (Å²) in [4.78, 5) is 16.2. The van der Waals surface area contributed by atoms with Crippen LogP contribution in [0.25, 0.3) is 0 Å². The van der Waals surface area contributed by atoms with Gasteiger partial charge in [-0.2, -0.15) is 0 Å². The minimum atomic E-state index is -0.0999. The first kappa shape index (κ1) is 34.0. The normalized spacial score (nSPS) is 12.1. The third-order valence-corrected chi connectivity index (χ3v) is 8.79. The van der Waals surface area contributed by atoms with E-state index in [0.29, 0.717) is 29.4 Å². The highest BCUT2D eigenvalue weighted by molar-refractivity contribution is 5.96. The van der Waals surface area contributed by atoms with Gasteiger partial charge in [0.25, 0.3) is 5.91 Å². The summed E-state index contributed by atoms with van der Waals surface area (Å²) in [6.45, 7) is 20.2. The van der Waals surface area contributed by atoms with Crippen molar-refractivity contribution in [2.75, 3.05) is 47.5 Å². The Bertz CT molecular complexity index is 1310. The number of hydrogen-bond acceptors (Lipinski definition) is 4. The number of nitrogens with zero attached hydrogens (tertiary/aromatic N) is 2. The SMILES string of the molecule is CC[N+](CC)(CCCCN(C(=O)c1cc(OC)c(OC)c(OC)c1)C(C)c1cc(C)cc(C)c1)Cc1cc(C)cc(C)c1. The van der Waals surface area contributed by atoms with Gasteiger partial charge in [0.1, 0.15) is 6.54 Å². The lowest BCUT2D eigenvalue weighted by molar-refractivity contribution is -0.938. The Hall–Kier alpha value is -3.51. The molecule has 3 aromatic rings. The van der Waals surface area contributed by atoms with Gasteiger partial charge in [-0.1, -0.05) is 58.7 Å². The van der Waals surface area contributed by atoms with Gasteiger partial charge < -0.3 is 23.6 Å². The minimum Gasteiger partial charge on any atom is -0.493 e. The summed E-state index contributed by atoms with van der Waals surface area (Å²) in [6, 6.07) is 16.9. The fraction of sp³-hybridized carbons (Fsp3) is 0.486. The van der Waals surface area contributed by atoms with Crippen LogP contribution in [0.5, 0.6) is 17.2 Å². The molecule has 0 aliphatic rings. The highest BCUT2D eigenvalue weighted by Crippen LogP contribution is 2.39. The molecule has 6 nitrogen and oxygen atoms in total. The molecule has 0 saturated heterocycles. The third-order valence-electron chi connectivity index (χ3n) is 8.79. The second-order valence-corrected chi connectivity index (χ2v) is 12.1. The topological polar surface area (TPSA) is 48.0 Å². The van der Waals surface area contributed by atoms with Crippen LogP contribution >= 0.6 is 0 Å². The van der Waals surface area contributed by atoms with Crippen molar-refractivity contribution in [3.8, 4) is 17.2 Å². The van der Waals surface area contributed by atoms with Crippen molar-refractivity contribution in [3.05, 3.63) is 87.5 Å². The van der Waals surface area contributed by atoms with E-state index in [1.54, 1.807) is 33.5 Å². The van der Waals surface area contributed by atoms with Crippen LogP contribution in [0.15, 0.2) is 48.5 Å². The number of methoxy groups -OCH3 is 3. The first-order valence-electron chi connectivity index (χ1n) is 15.6. The molecule has 0 aliphatic carbocycles. The molecule has 3 aromatic carbocycles. The van der Waals surface area contributed by atoms with Crippen LogP contribution in [0.4, 0.5) is 0 Å². The van der Waals surface area contributed by atoms with Crippen LogP contribution in [0.3, 0.4) is 0 Å². The molecule has 0 aromatic heterocycles. The molecule has 1 amide bonds. The van der Waals surface area contributed by atoms with E-state index in [1.807, 2.05) is 4.90 Å². The van der Waals surface area contributed by atoms with Crippen LogP contribution < -0.4 is 14.2 Å². The van der Waals surface area contributed by atoms with Crippen molar-refractivity contribution in [1.29, 1.82) is 0 Å². The number of amides is 1. The van der Waals surface area contributed by atoms with E-state index in [1.165, 1.54) is 27.8 Å². The maximum absolute atomic E-state index is 14.2. The number of carbonyl (C=O) groups is 1. The van der Waals surface area contributed by atoms with E-state index in [4.69, 9.17) is 14.2 Å². The molecule has 0 bridgehead atoms. The summed E-state index contributed by atoms with van der Waals surface area (Å²) in [7, 11) is 4.72. The Morgan fingerprint density at radius 3 is 1.72 bits per heavy atom. The molecule has 3 rings (SSSR count). The van der Waals surface area contributed by atoms with Crippen molar-refractivity contribution < 1.29 is 23.5 Å². The first-order valence-corrected chi connectivity index (χ1v) is 15.6. The van der Waals surface area contributed by atoms with E-state index in [0.717, 1.165) is 49.1 Å². The van der Waals surface area contributed by atoms with E-state index >= 15 is 0 Å². The van der Waals surface area contributed by atoms with Gasteiger partial charge in [0.15, 0.2) is 11.5 Å². The Kier molecular flexibility index (Phi) is 12.1. The molecule has 0 aliphatic heterocycles. The molecular formula is C37H53N2O4+. The summed E-state index contributed by atoms with van der Waals surface area (Å²) in [6.07, 6.45) is 1.95. The van der Waals surface area contributed by atoms with Gasteiger partial charge in [-0.15, -0.1) is 0 Å². The van der Waals surface area contributed by atoms with Gasteiger partial charge in [0.05, 0.1) is 47.0 Å². The molecular weight excluding hydrogens is 536 g/mol. The average molecular weight is 590 g/mol. The number of ether oxygens (including phenoxy) is 3. The van der Waals surface area contributed by atoms with E-state index < -0.39 is 0 Å². The number of rotatable bonds is 15. The quantitative estimate of drug-likeness (QED) is 0.133. The Labute approximate surface area is 260 Å². The fourth-order valence-corrected chi connectivity index (χ4v) is 6.39. The van der Waals surface area contributed by atoms with E-state index in [2.05, 4.69) is 84.9 Å². The molecule has 0 heterocycles. The maximum Gasteiger partial charge on any atom is 0.254 e. The zero-order chi connectivity index (χ0) is 31.7. The summed E-state index contributed by atoms with van der Waals surface area (Å²) in [5, 5.41) is 0. The average Bonchev–Trinajstić information content (AvgIpc) is 2.98. The lowest BCUT2D eigenvalue weighted by Gasteiger charge is -2.38. The minimum absolute atomic E-state index is 0.0483.